The number of ether oxygens (including phenoxy) is 1. The fourth-order valence-electron chi connectivity index (χ4n) is 1.80. The molecule has 78 valence electrons. The molecule has 0 amide bonds. The largest absolute Gasteiger partial charge is 0.471 e. The van der Waals surface area contributed by atoms with Gasteiger partial charge in [-0.3, -0.25) is 0 Å². The van der Waals surface area contributed by atoms with Crippen molar-refractivity contribution in [3.8, 4) is 11.8 Å². The lowest BCUT2D eigenvalue weighted by molar-refractivity contribution is 0.212. The lowest BCUT2D eigenvalue weighted by Crippen LogP contribution is -2.45. The van der Waals surface area contributed by atoms with E-state index in [1.807, 2.05) is 33.0 Å². The van der Waals surface area contributed by atoms with E-state index >= 15 is 0 Å². The molecular weight excluding hydrogens is 188 g/mol. The van der Waals surface area contributed by atoms with Crippen molar-refractivity contribution < 1.29 is 4.74 Å². The van der Waals surface area contributed by atoms with E-state index in [9.17, 15) is 0 Å². The third-order valence-corrected chi connectivity index (χ3v) is 2.93. The molecule has 1 aliphatic rings. The molecule has 1 heterocycles. The normalized spacial score (nSPS) is 24.0. The highest BCUT2D eigenvalue weighted by atomic mass is 16.5. The van der Waals surface area contributed by atoms with Gasteiger partial charge in [0, 0.05) is 7.05 Å². The highest BCUT2D eigenvalue weighted by Gasteiger charge is 2.30. The van der Waals surface area contributed by atoms with Gasteiger partial charge in [-0.2, -0.15) is 5.26 Å². The summed E-state index contributed by atoms with van der Waals surface area (Å²) in [6.45, 7) is 4.01. The Labute approximate surface area is 89.9 Å². The smallest absolute Gasteiger partial charge is 0.204 e. The molecule has 3 heteroatoms. The third-order valence-electron chi connectivity index (χ3n) is 2.93. The minimum atomic E-state index is -0.385. The summed E-state index contributed by atoms with van der Waals surface area (Å²) < 4.78 is 5.64. The number of hydrogen-bond donors (Lipinski definition) is 0. The molecular formula is C12H14N2O. The molecule has 0 N–H and O–H groups in total. The minimum Gasteiger partial charge on any atom is -0.471 e. The van der Waals surface area contributed by atoms with Crippen molar-refractivity contribution in [1.29, 1.82) is 5.26 Å². The van der Waals surface area contributed by atoms with Gasteiger partial charge in [0.25, 0.3) is 0 Å². The van der Waals surface area contributed by atoms with E-state index < -0.39 is 0 Å². The number of nitriles is 1. The summed E-state index contributed by atoms with van der Waals surface area (Å²) in [5, 5.41) is 8.97. The third kappa shape index (κ3) is 1.52. The maximum Gasteiger partial charge on any atom is 0.204 e. The van der Waals surface area contributed by atoms with Crippen molar-refractivity contribution in [2.24, 2.45) is 0 Å². The predicted octanol–water partition coefficient (Wildman–Crippen LogP) is 2.10. The van der Waals surface area contributed by atoms with Crippen molar-refractivity contribution in [1.82, 2.24) is 0 Å². The van der Waals surface area contributed by atoms with Gasteiger partial charge in [-0.15, -0.1) is 0 Å². The zero-order valence-electron chi connectivity index (χ0n) is 9.19. The molecule has 2 atom stereocenters. The molecule has 2 rings (SSSR count). The molecule has 15 heavy (non-hydrogen) atoms. The molecule has 1 aromatic carbocycles. The summed E-state index contributed by atoms with van der Waals surface area (Å²) >= 11 is 0. The molecule has 2 unspecified atom stereocenters. The van der Waals surface area contributed by atoms with Crippen molar-refractivity contribution >= 4 is 5.69 Å². The molecule has 0 saturated heterocycles. The first kappa shape index (κ1) is 9.85. The van der Waals surface area contributed by atoms with Gasteiger partial charge < -0.3 is 9.64 Å². The quantitative estimate of drug-likeness (QED) is 0.646. The fraction of sp³-hybridized carbons (Fsp3) is 0.417. The Hall–Kier alpha value is -1.69. The molecule has 0 saturated carbocycles. The summed E-state index contributed by atoms with van der Waals surface area (Å²) in [6.07, 6.45) is -0.385. The first-order valence-electron chi connectivity index (χ1n) is 5.03. The number of anilines is 1. The van der Waals surface area contributed by atoms with Crippen LogP contribution in [0.3, 0.4) is 0 Å². The second-order valence-electron chi connectivity index (χ2n) is 3.99. The maximum absolute atomic E-state index is 8.97. The standard InChI is InChI=1S/C12H14N2O/c1-8-4-5-10-11(6-8)15-12(7-13)9(2)14(10)3/h4-6,9,12H,1-3H3. The second-order valence-corrected chi connectivity index (χ2v) is 3.99. The molecule has 0 spiro atoms. The Morgan fingerprint density at radius 3 is 2.87 bits per heavy atom. The Morgan fingerprint density at radius 1 is 1.47 bits per heavy atom. The van der Waals surface area contributed by atoms with Gasteiger partial charge in [0.1, 0.15) is 11.8 Å². The van der Waals surface area contributed by atoms with Crippen molar-refractivity contribution in [3.05, 3.63) is 23.8 Å². The van der Waals surface area contributed by atoms with Crippen LogP contribution in [0.4, 0.5) is 5.69 Å². The van der Waals surface area contributed by atoms with Gasteiger partial charge in [0.15, 0.2) is 0 Å². The lowest BCUT2D eigenvalue weighted by Gasteiger charge is -2.36. The molecule has 0 fully saturated rings. The van der Waals surface area contributed by atoms with Gasteiger partial charge in [0.2, 0.25) is 6.10 Å². The number of aryl methyl sites for hydroxylation is 1. The van der Waals surface area contributed by atoms with Crippen LogP contribution >= 0.6 is 0 Å². The average molecular weight is 202 g/mol. The summed E-state index contributed by atoms with van der Waals surface area (Å²) in [7, 11) is 1.99. The maximum atomic E-state index is 8.97. The van der Waals surface area contributed by atoms with Crippen LogP contribution in [0.2, 0.25) is 0 Å². The first-order chi connectivity index (χ1) is 7.13. The van der Waals surface area contributed by atoms with E-state index in [-0.39, 0.29) is 12.1 Å². The van der Waals surface area contributed by atoms with E-state index in [1.165, 1.54) is 0 Å². The summed E-state index contributed by atoms with van der Waals surface area (Å²) in [6, 6.07) is 8.33. The molecule has 0 aromatic heterocycles. The highest BCUT2D eigenvalue weighted by Crippen LogP contribution is 2.35. The van der Waals surface area contributed by atoms with Crippen molar-refractivity contribution in [2.45, 2.75) is 26.0 Å². The zero-order chi connectivity index (χ0) is 11.0. The highest BCUT2D eigenvalue weighted by molar-refractivity contribution is 5.62. The van der Waals surface area contributed by atoms with Crippen LogP contribution in [0.5, 0.6) is 5.75 Å². The van der Waals surface area contributed by atoms with E-state index in [2.05, 4.69) is 17.0 Å². The number of likely N-dealkylation sites (N-methyl/N-ethyl adjacent to an activating group) is 1. The van der Waals surface area contributed by atoms with Crippen LogP contribution in [0, 0.1) is 18.3 Å². The van der Waals surface area contributed by atoms with Crippen molar-refractivity contribution in [3.63, 3.8) is 0 Å². The van der Waals surface area contributed by atoms with Crippen LogP contribution in [0.25, 0.3) is 0 Å². The Bertz CT molecular complexity index is 422. The van der Waals surface area contributed by atoms with Gasteiger partial charge >= 0.3 is 0 Å². The van der Waals surface area contributed by atoms with Gasteiger partial charge in [-0.05, 0) is 31.5 Å². The van der Waals surface area contributed by atoms with E-state index in [1.54, 1.807) is 0 Å². The van der Waals surface area contributed by atoms with Crippen LogP contribution in [-0.2, 0) is 0 Å². The van der Waals surface area contributed by atoms with Crippen molar-refractivity contribution in [2.75, 3.05) is 11.9 Å². The molecule has 0 bridgehead atoms. The van der Waals surface area contributed by atoms with Crippen LogP contribution in [0.15, 0.2) is 18.2 Å². The molecule has 1 aliphatic heterocycles. The second kappa shape index (κ2) is 3.47. The summed E-state index contributed by atoms with van der Waals surface area (Å²) in [5.74, 6) is 0.808. The molecule has 0 aliphatic carbocycles. The molecule has 3 nitrogen and oxygen atoms in total. The number of fused-ring (bicyclic) bond motifs is 1. The number of rotatable bonds is 0. The summed E-state index contributed by atoms with van der Waals surface area (Å²) in [4.78, 5) is 2.09. The number of benzene rings is 1. The van der Waals surface area contributed by atoms with E-state index in [4.69, 9.17) is 10.00 Å². The monoisotopic (exact) mass is 202 g/mol. The Balaban J connectivity index is 2.46. The average Bonchev–Trinajstić information content (AvgIpc) is 2.23. The van der Waals surface area contributed by atoms with Gasteiger partial charge in [-0.25, -0.2) is 0 Å². The van der Waals surface area contributed by atoms with Crippen LogP contribution in [-0.4, -0.2) is 19.2 Å². The first-order valence-corrected chi connectivity index (χ1v) is 5.03. The Morgan fingerprint density at radius 2 is 2.20 bits per heavy atom. The predicted molar refractivity (Wildman–Crippen MR) is 59.1 cm³/mol. The van der Waals surface area contributed by atoms with Gasteiger partial charge in [-0.1, -0.05) is 6.07 Å². The Kier molecular flexibility index (Phi) is 2.28. The minimum absolute atomic E-state index is 0.0882. The summed E-state index contributed by atoms with van der Waals surface area (Å²) in [5.41, 5.74) is 2.20. The zero-order valence-corrected chi connectivity index (χ0v) is 9.19. The number of nitrogens with zero attached hydrogens (tertiary/aromatic N) is 2. The molecule has 0 radical (unpaired) electrons. The van der Waals surface area contributed by atoms with E-state index in [0.717, 1.165) is 17.0 Å². The van der Waals surface area contributed by atoms with Crippen LogP contribution in [0.1, 0.15) is 12.5 Å². The topological polar surface area (TPSA) is 36.3 Å². The lowest BCUT2D eigenvalue weighted by atomic mass is 10.1. The fourth-order valence-corrected chi connectivity index (χ4v) is 1.80. The SMILES string of the molecule is Cc1ccc2c(c1)OC(C#N)C(C)N2C. The molecule has 1 aromatic rings. The van der Waals surface area contributed by atoms with E-state index in [0.29, 0.717) is 0 Å². The van der Waals surface area contributed by atoms with Crippen LogP contribution < -0.4 is 9.64 Å². The number of hydrogen-bond acceptors (Lipinski definition) is 3. The van der Waals surface area contributed by atoms with Gasteiger partial charge in [0.05, 0.1) is 11.7 Å².